The lowest BCUT2D eigenvalue weighted by Crippen LogP contribution is -2.41. The van der Waals surface area contributed by atoms with Gasteiger partial charge in [0, 0.05) is 19.5 Å². The summed E-state index contributed by atoms with van der Waals surface area (Å²) >= 11 is 7.50. The number of aliphatic hydroxyl groups is 2. The molecule has 0 aliphatic heterocycles. The fraction of sp³-hybridized carbons (Fsp3) is 0.500. The number of carbonyl (C=O) groups is 1. The molecule has 1 amide bonds. The highest BCUT2D eigenvalue weighted by Gasteiger charge is 2.75. The number of fused-ring (bicyclic) bond motifs is 2. The summed E-state index contributed by atoms with van der Waals surface area (Å²) in [4.78, 5) is 27.6. The summed E-state index contributed by atoms with van der Waals surface area (Å²) in [5.74, 6) is 0.934. The van der Waals surface area contributed by atoms with Crippen molar-refractivity contribution in [2.45, 2.75) is 43.9 Å². The molecule has 14 heteroatoms. The minimum atomic E-state index is -1.18. The minimum absolute atomic E-state index is 0.240. The van der Waals surface area contributed by atoms with E-state index in [4.69, 9.17) is 21.6 Å². The summed E-state index contributed by atoms with van der Waals surface area (Å²) in [5.41, 5.74) is 0.682. The van der Waals surface area contributed by atoms with Gasteiger partial charge in [0.05, 0.1) is 39.3 Å². The van der Waals surface area contributed by atoms with Crippen LogP contribution in [0.4, 0.5) is 5.82 Å². The molecule has 12 nitrogen and oxygen atoms in total. The maximum Gasteiger partial charge on any atom is 0.256 e. The van der Waals surface area contributed by atoms with Gasteiger partial charge in [0.15, 0.2) is 17.0 Å². The van der Waals surface area contributed by atoms with E-state index in [2.05, 4.69) is 25.9 Å². The number of nitrogens with one attached hydrogen (secondary N) is 2. The molecule has 5 atom stereocenters. The Morgan fingerprint density at radius 3 is 2.84 bits per heavy atom. The van der Waals surface area contributed by atoms with E-state index in [1.165, 1.54) is 35.3 Å². The van der Waals surface area contributed by atoms with E-state index in [9.17, 15) is 15.0 Å². The van der Waals surface area contributed by atoms with Crippen molar-refractivity contribution in [2.24, 2.45) is 17.3 Å². The number of hydrogen-bond donors (Lipinski definition) is 4. The maximum atomic E-state index is 12.6. The van der Waals surface area contributed by atoms with Crippen LogP contribution in [0.3, 0.4) is 0 Å². The summed E-state index contributed by atoms with van der Waals surface area (Å²) in [6.07, 6.45) is 5.09. The second-order valence-corrected chi connectivity index (χ2v) is 12.1. The number of hydrogen-bond acceptors (Lipinski definition) is 10. The molecule has 0 saturated heterocycles. The Labute approximate surface area is 226 Å². The molecule has 3 saturated carbocycles. The highest BCUT2D eigenvalue weighted by molar-refractivity contribution is 7.19. The summed E-state index contributed by atoms with van der Waals surface area (Å²) in [6.45, 7) is 0.766. The number of anilines is 1. The molecule has 3 aliphatic rings. The van der Waals surface area contributed by atoms with E-state index in [1.807, 2.05) is 12.1 Å². The van der Waals surface area contributed by atoms with Gasteiger partial charge in [-0.05, 0) is 37.3 Å². The first-order chi connectivity index (χ1) is 18.4. The molecular formula is C24H26ClN9O3S. The van der Waals surface area contributed by atoms with Crippen molar-refractivity contribution >= 4 is 45.8 Å². The molecule has 7 rings (SSSR count). The van der Waals surface area contributed by atoms with Crippen molar-refractivity contribution in [1.29, 1.82) is 0 Å². The number of halogens is 1. The molecule has 4 heterocycles. The van der Waals surface area contributed by atoms with Gasteiger partial charge in [0.2, 0.25) is 5.91 Å². The van der Waals surface area contributed by atoms with E-state index in [0.717, 1.165) is 11.4 Å². The number of aliphatic hydroxyl groups excluding tert-OH is 2. The maximum absolute atomic E-state index is 12.6. The van der Waals surface area contributed by atoms with Crippen LogP contribution >= 0.6 is 22.9 Å². The van der Waals surface area contributed by atoms with Crippen LogP contribution < -0.4 is 10.6 Å². The number of imidazole rings is 1. The van der Waals surface area contributed by atoms with Crippen molar-refractivity contribution < 1.29 is 15.0 Å². The topological polar surface area (TPSA) is 156 Å². The molecule has 0 aromatic carbocycles. The molecule has 4 aromatic rings. The molecular weight excluding hydrogens is 530 g/mol. The first kappa shape index (κ1) is 23.9. The first-order valence-corrected chi connectivity index (χ1v) is 13.9. The van der Waals surface area contributed by atoms with Gasteiger partial charge >= 0.3 is 0 Å². The second kappa shape index (κ2) is 8.70. The van der Waals surface area contributed by atoms with Gasteiger partial charge in [-0.15, -0.1) is 16.4 Å². The SMILES string of the molecule is CNC(=O)[C@@]12C[C@@H]1[C@@H](n1cnc3c(NCC4CCC4)nc(-n4cc(-c5ccc(Cl)s5)nn4)nc31)[C@H](O)[C@@H]2O. The Balaban J connectivity index is 1.30. The Morgan fingerprint density at radius 1 is 1.29 bits per heavy atom. The molecule has 0 bridgehead atoms. The van der Waals surface area contributed by atoms with Gasteiger partial charge in [-0.1, -0.05) is 23.2 Å². The standard InChI is InChI=1S/C24H26ClN9O3S/c1-26-22(37)24-7-12(24)17(18(35)19(24)36)33-10-28-16-20(27-8-11-3-2-4-11)29-23(30-21(16)33)34-9-13(31-32-34)14-5-6-15(25)38-14/h5-6,9-12,17-19,35-36H,2-4,7-8H2,1H3,(H,26,37)(H,27,29,30)/t12-,17-,18+,19+,24+/m1/s1. The molecule has 38 heavy (non-hydrogen) atoms. The quantitative estimate of drug-likeness (QED) is 0.268. The lowest BCUT2D eigenvalue weighted by atomic mass is 9.85. The first-order valence-electron chi connectivity index (χ1n) is 12.7. The molecule has 3 fully saturated rings. The van der Waals surface area contributed by atoms with Crippen molar-refractivity contribution in [3.05, 3.63) is 29.0 Å². The molecule has 0 radical (unpaired) electrons. The fourth-order valence-corrected chi connectivity index (χ4v) is 6.99. The van der Waals surface area contributed by atoms with Crippen LogP contribution in [0.2, 0.25) is 4.34 Å². The van der Waals surface area contributed by atoms with Gasteiger partial charge in [-0.25, -0.2) is 4.98 Å². The van der Waals surface area contributed by atoms with Crippen LogP contribution in [0.15, 0.2) is 24.7 Å². The zero-order valence-electron chi connectivity index (χ0n) is 20.5. The van der Waals surface area contributed by atoms with E-state index >= 15 is 0 Å². The number of thiophene rings is 1. The number of aromatic nitrogens is 7. The van der Waals surface area contributed by atoms with Gasteiger partial charge in [-0.3, -0.25) is 4.79 Å². The van der Waals surface area contributed by atoms with E-state index in [1.54, 1.807) is 24.1 Å². The average Bonchev–Trinajstić information content (AvgIpc) is 3.30. The summed E-state index contributed by atoms with van der Waals surface area (Å²) < 4.78 is 3.92. The predicted octanol–water partition coefficient (Wildman–Crippen LogP) is 2.03. The van der Waals surface area contributed by atoms with E-state index < -0.39 is 23.7 Å². The van der Waals surface area contributed by atoms with E-state index in [-0.39, 0.29) is 17.8 Å². The summed E-state index contributed by atoms with van der Waals surface area (Å²) in [7, 11) is 1.54. The normalized spacial score (nSPS) is 28.3. The van der Waals surface area contributed by atoms with Crippen molar-refractivity contribution in [3.63, 3.8) is 0 Å². The number of nitrogens with zero attached hydrogens (tertiary/aromatic N) is 7. The summed E-state index contributed by atoms with van der Waals surface area (Å²) in [5, 5.41) is 36.5. The molecule has 0 unspecified atom stereocenters. The van der Waals surface area contributed by atoms with E-state index in [0.29, 0.717) is 39.4 Å². The monoisotopic (exact) mass is 555 g/mol. The average molecular weight is 556 g/mol. The van der Waals surface area contributed by atoms with Crippen molar-refractivity contribution in [3.8, 4) is 16.5 Å². The third-order valence-corrected chi connectivity index (χ3v) is 9.61. The molecule has 4 aromatic heterocycles. The molecule has 4 N–H and O–H groups in total. The predicted molar refractivity (Wildman–Crippen MR) is 140 cm³/mol. The Hall–Kier alpha value is -3.13. The van der Waals surface area contributed by atoms with Crippen LogP contribution in [0, 0.1) is 17.3 Å². The Bertz CT molecular complexity index is 1550. The van der Waals surface area contributed by atoms with Crippen molar-refractivity contribution in [2.75, 3.05) is 18.9 Å². The molecule has 198 valence electrons. The number of rotatable bonds is 7. The zero-order valence-corrected chi connectivity index (χ0v) is 22.0. The van der Waals surface area contributed by atoms with Gasteiger partial charge in [0.25, 0.3) is 5.95 Å². The van der Waals surface area contributed by atoms with Crippen molar-refractivity contribution in [1.82, 2.24) is 39.8 Å². The van der Waals surface area contributed by atoms with Gasteiger partial charge in [-0.2, -0.15) is 14.6 Å². The lowest BCUT2D eigenvalue weighted by molar-refractivity contribution is -0.132. The molecule has 0 spiro atoms. The van der Waals surface area contributed by atoms with Crippen LogP contribution in [0.5, 0.6) is 0 Å². The third kappa shape index (κ3) is 3.49. The van der Waals surface area contributed by atoms with Gasteiger partial charge < -0.3 is 25.4 Å². The fourth-order valence-electron chi connectivity index (χ4n) is 6.00. The second-order valence-electron chi connectivity index (χ2n) is 10.4. The van der Waals surface area contributed by atoms with Crippen LogP contribution in [0.1, 0.15) is 31.7 Å². The van der Waals surface area contributed by atoms with Crippen LogP contribution in [0.25, 0.3) is 27.7 Å². The lowest BCUT2D eigenvalue weighted by Gasteiger charge is -2.25. The summed E-state index contributed by atoms with van der Waals surface area (Å²) in [6, 6.07) is 3.13. The number of amides is 1. The van der Waals surface area contributed by atoms with Crippen LogP contribution in [-0.2, 0) is 4.79 Å². The highest BCUT2D eigenvalue weighted by atomic mass is 35.5. The minimum Gasteiger partial charge on any atom is -0.389 e. The van der Waals surface area contributed by atoms with Crippen LogP contribution in [-0.4, -0.2) is 76.4 Å². The smallest absolute Gasteiger partial charge is 0.256 e. The third-order valence-electron chi connectivity index (χ3n) is 8.36. The highest BCUT2D eigenvalue weighted by Crippen LogP contribution is 2.67. The van der Waals surface area contributed by atoms with Gasteiger partial charge in [0.1, 0.15) is 11.8 Å². The number of carbonyl (C=O) groups excluding carboxylic acids is 1. The Kier molecular flexibility index (Phi) is 5.48. The zero-order chi connectivity index (χ0) is 26.2. The largest absolute Gasteiger partial charge is 0.389 e. The molecule has 3 aliphatic carbocycles. The Morgan fingerprint density at radius 2 is 2.13 bits per heavy atom.